The molecule has 9 heteroatoms. The van der Waals surface area contributed by atoms with E-state index in [1.807, 2.05) is 6.07 Å². The second-order valence-electron chi connectivity index (χ2n) is 4.54. The number of cyclic esters (lactones) is 1. The van der Waals surface area contributed by atoms with Crippen molar-refractivity contribution < 1.29 is 28.6 Å². The summed E-state index contributed by atoms with van der Waals surface area (Å²) in [6.45, 7) is 0. The summed E-state index contributed by atoms with van der Waals surface area (Å²) in [6, 6.07) is 8.95. The Labute approximate surface area is 152 Å². The van der Waals surface area contributed by atoms with Crippen LogP contribution in [0.15, 0.2) is 45.3 Å². The van der Waals surface area contributed by atoms with Crippen LogP contribution in [0.4, 0.5) is 0 Å². The van der Waals surface area contributed by atoms with Crippen molar-refractivity contribution >= 4 is 47.3 Å². The zero-order valence-electron chi connectivity index (χ0n) is 13.5. The fraction of sp³-hybridized carbons (Fsp3) is 0.250. The van der Waals surface area contributed by atoms with Crippen molar-refractivity contribution in [1.29, 1.82) is 0 Å². The number of carbonyl (C=O) groups is 3. The monoisotopic (exact) mass is 381 g/mol. The smallest absolute Gasteiger partial charge is 0.365 e. The summed E-state index contributed by atoms with van der Waals surface area (Å²) < 4.78 is 14.8. The van der Waals surface area contributed by atoms with Gasteiger partial charge in [-0.15, -0.1) is 23.5 Å². The number of carbonyl (C=O) groups excluding carboxylic acids is 3. The first-order valence-corrected chi connectivity index (χ1v) is 9.02. The molecule has 0 N–H and O–H groups in total. The SMILES string of the molecule is COC(=O)CSC(SCC(=O)OC)=C1N=C(c2ccccc2)OC1=O. The van der Waals surface area contributed by atoms with Crippen LogP contribution >= 0.6 is 23.5 Å². The molecule has 1 heterocycles. The molecule has 0 saturated carbocycles. The largest absolute Gasteiger partial charge is 0.468 e. The number of hydrogen-bond donors (Lipinski definition) is 0. The second kappa shape index (κ2) is 9.28. The van der Waals surface area contributed by atoms with E-state index in [1.54, 1.807) is 24.3 Å². The molecule has 0 aliphatic carbocycles. The van der Waals surface area contributed by atoms with Gasteiger partial charge in [-0.05, 0) is 12.1 Å². The zero-order valence-corrected chi connectivity index (χ0v) is 15.1. The van der Waals surface area contributed by atoms with E-state index in [-0.39, 0.29) is 23.1 Å². The standard InChI is InChI=1S/C16H15NO6S2/c1-21-11(18)8-24-16(25-9-12(19)22-2)13-15(20)23-14(17-13)10-6-4-3-5-7-10/h3-7H,8-9H2,1-2H3. The van der Waals surface area contributed by atoms with Crippen molar-refractivity contribution in [2.45, 2.75) is 0 Å². The number of methoxy groups -OCH3 is 2. The summed E-state index contributed by atoms with van der Waals surface area (Å²) in [5.74, 6) is -1.42. The van der Waals surface area contributed by atoms with Gasteiger partial charge < -0.3 is 14.2 Å². The Morgan fingerprint density at radius 3 is 2.12 bits per heavy atom. The Hall–Kier alpha value is -2.26. The van der Waals surface area contributed by atoms with Gasteiger partial charge in [0, 0.05) is 5.56 Å². The molecular formula is C16H15NO6S2. The highest BCUT2D eigenvalue weighted by Gasteiger charge is 2.28. The summed E-state index contributed by atoms with van der Waals surface area (Å²) in [5, 5.41) is 0. The van der Waals surface area contributed by atoms with Gasteiger partial charge in [0.2, 0.25) is 5.90 Å². The van der Waals surface area contributed by atoms with E-state index < -0.39 is 17.9 Å². The molecule has 0 atom stereocenters. The predicted molar refractivity (Wildman–Crippen MR) is 95.0 cm³/mol. The van der Waals surface area contributed by atoms with E-state index in [2.05, 4.69) is 14.5 Å². The summed E-state index contributed by atoms with van der Waals surface area (Å²) in [6.07, 6.45) is 0. The minimum absolute atomic E-state index is 0.0209. The molecule has 132 valence electrons. The molecule has 2 rings (SSSR count). The molecule has 0 fully saturated rings. The maximum atomic E-state index is 12.2. The third-order valence-corrected chi connectivity index (χ3v) is 5.29. The molecule has 0 aromatic heterocycles. The first kappa shape index (κ1) is 19.1. The van der Waals surface area contributed by atoms with Crippen LogP contribution in [0.1, 0.15) is 5.56 Å². The van der Waals surface area contributed by atoms with Crippen LogP contribution in [-0.4, -0.2) is 49.5 Å². The molecule has 0 radical (unpaired) electrons. The van der Waals surface area contributed by atoms with Gasteiger partial charge in [0.25, 0.3) is 0 Å². The number of thioether (sulfide) groups is 2. The maximum Gasteiger partial charge on any atom is 0.365 e. The normalized spacial score (nSPS) is 13.1. The van der Waals surface area contributed by atoms with Crippen LogP contribution in [0.3, 0.4) is 0 Å². The van der Waals surface area contributed by atoms with E-state index in [0.29, 0.717) is 9.80 Å². The van der Waals surface area contributed by atoms with Gasteiger partial charge in [0.15, 0.2) is 5.70 Å². The number of aliphatic imine (C=N–C) groups is 1. The quantitative estimate of drug-likeness (QED) is 0.402. The first-order chi connectivity index (χ1) is 12.0. The molecule has 0 spiro atoms. The lowest BCUT2D eigenvalue weighted by Crippen LogP contribution is -2.08. The number of ether oxygens (including phenoxy) is 3. The van der Waals surface area contributed by atoms with Crippen LogP contribution in [0.2, 0.25) is 0 Å². The van der Waals surface area contributed by atoms with Gasteiger partial charge >= 0.3 is 17.9 Å². The molecule has 1 aromatic carbocycles. The topological polar surface area (TPSA) is 91.3 Å². The number of benzene rings is 1. The first-order valence-electron chi connectivity index (χ1n) is 7.05. The van der Waals surface area contributed by atoms with E-state index in [1.165, 1.54) is 14.2 Å². The number of nitrogens with zero attached hydrogens (tertiary/aromatic N) is 1. The molecule has 1 aromatic rings. The van der Waals surface area contributed by atoms with E-state index >= 15 is 0 Å². The third-order valence-electron chi connectivity index (χ3n) is 2.91. The Bertz CT molecular complexity index is 707. The fourth-order valence-corrected chi connectivity index (χ4v) is 3.64. The summed E-state index contributed by atoms with van der Waals surface area (Å²) >= 11 is 2.11. The van der Waals surface area contributed by atoms with Crippen molar-refractivity contribution in [3.8, 4) is 0 Å². The number of hydrogen-bond acceptors (Lipinski definition) is 9. The average molecular weight is 381 g/mol. The van der Waals surface area contributed by atoms with Crippen LogP contribution in [-0.2, 0) is 28.6 Å². The summed E-state index contributed by atoms with van der Waals surface area (Å²) in [7, 11) is 2.54. The van der Waals surface area contributed by atoms with Gasteiger partial charge in [0.05, 0.1) is 30.0 Å². The van der Waals surface area contributed by atoms with E-state index in [4.69, 9.17) is 4.74 Å². The van der Waals surface area contributed by atoms with Crippen LogP contribution < -0.4 is 0 Å². The average Bonchev–Trinajstić information content (AvgIpc) is 3.03. The lowest BCUT2D eigenvalue weighted by molar-refractivity contribution is -0.138. The van der Waals surface area contributed by atoms with Crippen LogP contribution in [0.5, 0.6) is 0 Å². The Morgan fingerprint density at radius 1 is 1.04 bits per heavy atom. The highest BCUT2D eigenvalue weighted by atomic mass is 32.2. The van der Waals surface area contributed by atoms with E-state index in [9.17, 15) is 14.4 Å². The van der Waals surface area contributed by atoms with Gasteiger partial charge in [-0.2, -0.15) is 0 Å². The highest BCUT2D eigenvalue weighted by Crippen LogP contribution is 2.35. The van der Waals surface area contributed by atoms with Crippen LogP contribution in [0.25, 0.3) is 0 Å². The highest BCUT2D eigenvalue weighted by molar-refractivity contribution is 8.22. The van der Waals surface area contributed by atoms with Gasteiger partial charge in [-0.1, -0.05) is 18.2 Å². The van der Waals surface area contributed by atoms with Gasteiger partial charge in [0.1, 0.15) is 0 Å². The van der Waals surface area contributed by atoms with Crippen LogP contribution in [0, 0.1) is 0 Å². The van der Waals surface area contributed by atoms with E-state index in [0.717, 1.165) is 23.5 Å². The molecule has 7 nitrogen and oxygen atoms in total. The van der Waals surface area contributed by atoms with Crippen molar-refractivity contribution in [3.63, 3.8) is 0 Å². The molecule has 1 aliphatic heterocycles. The molecule has 25 heavy (non-hydrogen) atoms. The zero-order chi connectivity index (χ0) is 18.2. The Balaban J connectivity index is 2.27. The second-order valence-corrected chi connectivity index (χ2v) is 6.77. The van der Waals surface area contributed by atoms with Crippen molar-refractivity contribution in [1.82, 2.24) is 0 Å². The minimum atomic E-state index is -0.636. The van der Waals surface area contributed by atoms with Crippen molar-refractivity contribution in [3.05, 3.63) is 45.8 Å². The third kappa shape index (κ3) is 5.36. The van der Waals surface area contributed by atoms with Gasteiger partial charge in [-0.25, -0.2) is 9.79 Å². The molecule has 1 aliphatic rings. The van der Waals surface area contributed by atoms with Gasteiger partial charge in [-0.3, -0.25) is 9.59 Å². The Kier molecular flexibility index (Phi) is 7.08. The molecule has 0 amide bonds. The van der Waals surface area contributed by atoms with Crippen molar-refractivity contribution in [2.75, 3.05) is 25.7 Å². The molecule has 0 unspecified atom stereocenters. The lowest BCUT2D eigenvalue weighted by atomic mass is 10.2. The minimum Gasteiger partial charge on any atom is -0.468 e. The number of esters is 3. The summed E-state index contributed by atoms with van der Waals surface area (Å²) in [4.78, 5) is 39.1. The predicted octanol–water partition coefficient (Wildman–Crippen LogP) is 1.97. The lowest BCUT2D eigenvalue weighted by Gasteiger charge is -2.06. The Morgan fingerprint density at radius 2 is 1.60 bits per heavy atom. The maximum absolute atomic E-state index is 12.2. The van der Waals surface area contributed by atoms with Crippen molar-refractivity contribution in [2.24, 2.45) is 4.99 Å². The number of rotatable bonds is 7. The fourth-order valence-electron chi connectivity index (χ4n) is 1.68. The molecular weight excluding hydrogens is 366 g/mol. The molecule has 0 bridgehead atoms. The summed E-state index contributed by atoms with van der Waals surface area (Å²) in [5.41, 5.74) is 0.711. The molecule has 0 saturated heterocycles.